The minimum absolute atomic E-state index is 0.0272. The Hall–Kier alpha value is -0.750. The summed E-state index contributed by atoms with van der Waals surface area (Å²) in [5.41, 5.74) is 0. The second kappa shape index (κ2) is 7.64. The van der Waals surface area contributed by atoms with E-state index in [-0.39, 0.29) is 12.3 Å². The lowest BCUT2D eigenvalue weighted by atomic mass is 10.3. The van der Waals surface area contributed by atoms with Gasteiger partial charge in [-0.2, -0.15) is 12.6 Å². The van der Waals surface area contributed by atoms with Gasteiger partial charge in [-0.25, -0.2) is 0 Å². The molecule has 0 bridgehead atoms. The molecule has 0 aliphatic heterocycles. The van der Waals surface area contributed by atoms with E-state index in [1.807, 2.05) is 0 Å². The quantitative estimate of drug-likeness (QED) is 0.472. The summed E-state index contributed by atoms with van der Waals surface area (Å²) in [6.07, 6.45) is 0. The summed E-state index contributed by atoms with van der Waals surface area (Å²) in [5, 5.41) is 2.68. The fourth-order valence-electron chi connectivity index (χ4n) is 0.744. The summed E-state index contributed by atoms with van der Waals surface area (Å²) in [7, 11) is 1.28. The van der Waals surface area contributed by atoms with E-state index in [2.05, 4.69) is 22.7 Å². The Kier molecular flexibility index (Phi) is 7.23. The van der Waals surface area contributed by atoms with Gasteiger partial charge in [0.15, 0.2) is 0 Å². The summed E-state index contributed by atoms with van der Waals surface area (Å²) in [4.78, 5) is 21.9. The number of nitrogens with one attached hydrogen (secondary N) is 1. The van der Waals surface area contributed by atoms with Gasteiger partial charge < -0.3 is 9.47 Å². The standard InChI is InChI=1S/C8H15NO4S/c1-3-13-8(11)6(5-14)9-4-7(10)12-2/h6,9,14H,3-5H2,1-2H3/t6-/m0/s1. The van der Waals surface area contributed by atoms with E-state index >= 15 is 0 Å². The Balaban J connectivity index is 3.90. The fourth-order valence-corrected chi connectivity index (χ4v) is 1.02. The minimum atomic E-state index is -0.572. The van der Waals surface area contributed by atoms with Crippen molar-refractivity contribution in [2.45, 2.75) is 13.0 Å². The largest absolute Gasteiger partial charge is 0.468 e. The summed E-state index contributed by atoms with van der Waals surface area (Å²) in [6, 6.07) is -0.572. The summed E-state index contributed by atoms with van der Waals surface area (Å²) < 4.78 is 9.16. The number of rotatable bonds is 6. The van der Waals surface area contributed by atoms with Crippen LogP contribution in [0.4, 0.5) is 0 Å². The smallest absolute Gasteiger partial charge is 0.323 e. The molecule has 6 heteroatoms. The van der Waals surface area contributed by atoms with Crippen molar-refractivity contribution in [1.29, 1.82) is 0 Å². The zero-order valence-corrected chi connectivity index (χ0v) is 9.17. The van der Waals surface area contributed by atoms with Crippen LogP contribution in [0, 0.1) is 0 Å². The molecule has 0 rings (SSSR count). The van der Waals surface area contributed by atoms with Gasteiger partial charge in [0.05, 0.1) is 20.3 Å². The number of carbonyl (C=O) groups excluding carboxylic acids is 2. The van der Waals surface area contributed by atoms with Crippen LogP contribution in [0.25, 0.3) is 0 Å². The van der Waals surface area contributed by atoms with Crippen molar-refractivity contribution in [2.75, 3.05) is 26.0 Å². The molecule has 0 heterocycles. The highest BCUT2D eigenvalue weighted by atomic mass is 32.1. The second-order valence-corrected chi connectivity index (χ2v) is 2.81. The highest BCUT2D eigenvalue weighted by Crippen LogP contribution is 1.92. The first kappa shape index (κ1) is 13.2. The molecule has 0 saturated heterocycles. The fraction of sp³-hybridized carbons (Fsp3) is 0.750. The molecule has 5 nitrogen and oxygen atoms in total. The number of esters is 2. The molecular weight excluding hydrogens is 206 g/mol. The maximum atomic E-state index is 11.2. The SMILES string of the molecule is CCOC(=O)[C@H](CS)NCC(=O)OC. The lowest BCUT2D eigenvalue weighted by Gasteiger charge is -2.13. The first-order valence-electron chi connectivity index (χ1n) is 4.23. The van der Waals surface area contributed by atoms with Gasteiger partial charge >= 0.3 is 11.9 Å². The highest BCUT2D eigenvalue weighted by Gasteiger charge is 2.18. The van der Waals surface area contributed by atoms with Gasteiger partial charge in [-0.15, -0.1) is 0 Å². The molecule has 0 spiro atoms. The van der Waals surface area contributed by atoms with Crippen LogP contribution in [0.15, 0.2) is 0 Å². The summed E-state index contributed by atoms with van der Waals surface area (Å²) >= 11 is 3.96. The molecule has 1 atom stereocenters. The first-order valence-corrected chi connectivity index (χ1v) is 4.86. The predicted octanol–water partition coefficient (Wildman–Crippen LogP) is -0.390. The molecule has 0 radical (unpaired) electrons. The van der Waals surface area contributed by atoms with Crippen molar-refractivity contribution >= 4 is 24.6 Å². The predicted molar refractivity (Wildman–Crippen MR) is 54.3 cm³/mol. The van der Waals surface area contributed by atoms with E-state index in [1.54, 1.807) is 6.92 Å². The van der Waals surface area contributed by atoms with Crippen LogP contribution in [0.1, 0.15) is 6.92 Å². The van der Waals surface area contributed by atoms with Gasteiger partial charge in [0.1, 0.15) is 6.04 Å². The number of hydrogen-bond donors (Lipinski definition) is 2. The van der Waals surface area contributed by atoms with Crippen molar-refractivity contribution in [3.63, 3.8) is 0 Å². The van der Waals surface area contributed by atoms with E-state index in [0.29, 0.717) is 6.61 Å². The number of carbonyl (C=O) groups is 2. The lowest BCUT2D eigenvalue weighted by molar-refractivity contribution is -0.145. The average molecular weight is 221 g/mol. The van der Waals surface area contributed by atoms with Gasteiger partial charge in [-0.1, -0.05) is 0 Å². The zero-order chi connectivity index (χ0) is 11.0. The van der Waals surface area contributed by atoms with E-state index in [0.717, 1.165) is 0 Å². The molecule has 1 N–H and O–H groups in total. The van der Waals surface area contributed by atoms with Crippen LogP contribution in [0.5, 0.6) is 0 Å². The molecule has 0 aromatic rings. The van der Waals surface area contributed by atoms with Crippen LogP contribution >= 0.6 is 12.6 Å². The molecule has 82 valence electrons. The summed E-state index contributed by atoms with van der Waals surface area (Å²) in [6.45, 7) is 2.00. The van der Waals surface area contributed by atoms with Crippen LogP contribution in [0.2, 0.25) is 0 Å². The molecule has 0 aromatic heterocycles. The lowest BCUT2D eigenvalue weighted by Crippen LogP contribution is -2.42. The monoisotopic (exact) mass is 221 g/mol. The Bertz CT molecular complexity index is 198. The maximum absolute atomic E-state index is 11.2. The van der Waals surface area contributed by atoms with Crippen molar-refractivity contribution in [2.24, 2.45) is 0 Å². The molecule has 0 aliphatic carbocycles. The minimum Gasteiger partial charge on any atom is -0.468 e. The molecule has 0 unspecified atom stereocenters. The van der Waals surface area contributed by atoms with Crippen LogP contribution in [-0.4, -0.2) is 44.0 Å². The van der Waals surface area contributed by atoms with E-state index in [9.17, 15) is 9.59 Å². The second-order valence-electron chi connectivity index (χ2n) is 2.44. The molecule has 0 aromatic carbocycles. The Morgan fingerprint density at radius 1 is 1.50 bits per heavy atom. The number of methoxy groups -OCH3 is 1. The van der Waals surface area contributed by atoms with Gasteiger partial charge in [0.2, 0.25) is 0 Å². The third-order valence-electron chi connectivity index (χ3n) is 1.47. The van der Waals surface area contributed by atoms with Crippen molar-refractivity contribution < 1.29 is 19.1 Å². The molecule has 0 aliphatic rings. The first-order chi connectivity index (χ1) is 6.65. The molecule has 14 heavy (non-hydrogen) atoms. The Morgan fingerprint density at radius 3 is 2.57 bits per heavy atom. The summed E-state index contributed by atoms with van der Waals surface area (Å²) in [5.74, 6) is -0.567. The van der Waals surface area contributed by atoms with Crippen LogP contribution in [0.3, 0.4) is 0 Å². The van der Waals surface area contributed by atoms with Crippen LogP contribution < -0.4 is 5.32 Å². The molecular formula is C8H15NO4S. The third-order valence-corrected chi connectivity index (χ3v) is 1.84. The average Bonchev–Trinajstić information content (AvgIpc) is 2.18. The van der Waals surface area contributed by atoms with E-state index in [1.165, 1.54) is 7.11 Å². The molecule has 0 fully saturated rings. The third kappa shape index (κ3) is 5.08. The van der Waals surface area contributed by atoms with Gasteiger partial charge in [-0.3, -0.25) is 14.9 Å². The van der Waals surface area contributed by atoms with Crippen molar-refractivity contribution in [3.05, 3.63) is 0 Å². The number of hydrogen-bond acceptors (Lipinski definition) is 6. The Morgan fingerprint density at radius 2 is 2.14 bits per heavy atom. The van der Waals surface area contributed by atoms with Gasteiger partial charge in [0, 0.05) is 5.75 Å². The van der Waals surface area contributed by atoms with Crippen molar-refractivity contribution in [3.8, 4) is 0 Å². The molecule has 0 saturated carbocycles. The zero-order valence-electron chi connectivity index (χ0n) is 8.28. The van der Waals surface area contributed by atoms with Gasteiger partial charge in [0.25, 0.3) is 0 Å². The topological polar surface area (TPSA) is 64.6 Å². The maximum Gasteiger partial charge on any atom is 0.323 e. The molecule has 0 amide bonds. The number of thiol groups is 1. The van der Waals surface area contributed by atoms with Crippen molar-refractivity contribution in [1.82, 2.24) is 5.32 Å². The van der Waals surface area contributed by atoms with E-state index < -0.39 is 18.0 Å². The van der Waals surface area contributed by atoms with E-state index in [4.69, 9.17) is 4.74 Å². The number of ether oxygens (including phenoxy) is 2. The highest BCUT2D eigenvalue weighted by molar-refractivity contribution is 7.80. The Labute approximate surface area is 88.5 Å². The van der Waals surface area contributed by atoms with Gasteiger partial charge in [-0.05, 0) is 6.92 Å². The normalized spacial score (nSPS) is 11.9. The van der Waals surface area contributed by atoms with Crippen LogP contribution in [-0.2, 0) is 19.1 Å².